The van der Waals surface area contributed by atoms with Crippen molar-refractivity contribution in [3.63, 3.8) is 0 Å². The van der Waals surface area contributed by atoms with Crippen LogP contribution in [0.25, 0.3) is 5.69 Å². The summed E-state index contributed by atoms with van der Waals surface area (Å²) in [5, 5.41) is 9.04. The maximum atomic E-state index is 13.3. The maximum Gasteiger partial charge on any atom is 0.352 e. The van der Waals surface area contributed by atoms with Crippen molar-refractivity contribution in [1.82, 2.24) is 4.57 Å². The number of aryl methyl sites for hydroxylation is 1. The molecule has 17 heavy (non-hydrogen) atoms. The molecule has 0 aliphatic rings. The maximum absolute atomic E-state index is 13.3. The highest BCUT2D eigenvalue weighted by molar-refractivity contribution is 9.10. The van der Waals surface area contributed by atoms with Crippen LogP contribution in [0.5, 0.6) is 0 Å². The molecule has 0 saturated carbocycles. The molecule has 0 atom stereocenters. The van der Waals surface area contributed by atoms with Crippen LogP contribution in [-0.2, 0) is 0 Å². The van der Waals surface area contributed by atoms with E-state index in [0.717, 1.165) is 5.56 Å². The van der Waals surface area contributed by atoms with E-state index in [4.69, 9.17) is 5.11 Å². The Morgan fingerprint density at radius 2 is 2.06 bits per heavy atom. The predicted octanol–water partition coefficient (Wildman–Crippen LogP) is 3.39. The molecule has 2 aromatic rings. The molecule has 0 amide bonds. The number of carbonyl (C=O) groups is 1. The Kier molecular flexibility index (Phi) is 3.02. The fraction of sp³-hybridized carbons (Fsp3) is 0.0833. The molecule has 0 aliphatic carbocycles. The number of aromatic carboxylic acids is 1. The summed E-state index contributed by atoms with van der Waals surface area (Å²) in [5.74, 6) is -1.45. The van der Waals surface area contributed by atoms with Crippen molar-refractivity contribution in [1.29, 1.82) is 0 Å². The van der Waals surface area contributed by atoms with Gasteiger partial charge in [-0.3, -0.25) is 0 Å². The molecule has 2 rings (SSSR count). The van der Waals surface area contributed by atoms with Crippen LogP contribution >= 0.6 is 15.9 Å². The zero-order valence-electron chi connectivity index (χ0n) is 8.95. The Balaban J connectivity index is 2.63. The number of aromatic nitrogens is 1. The Hall–Kier alpha value is -1.62. The third kappa shape index (κ3) is 2.39. The van der Waals surface area contributed by atoms with Crippen LogP contribution < -0.4 is 0 Å². The first-order valence-electron chi connectivity index (χ1n) is 4.86. The third-order valence-electron chi connectivity index (χ3n) is 2.31. The topological polar surface area (TPSA) is 42.2 Å². The first-order chi connectivity index (χ1) is 7.97. The fourth-order valence-corrected chi connectivity index (χ4v) is 2.09. The minimum absolute atomic E-state index is 0.0851. The summed E-state index contributed by atoms with van der Waals surface area (Å²) in [6.45, 7) is 1.76. The van der Waals surface area contributed by atoms with E-state index in [-0.39, 0.29) is 11.5 Å². The lowest BCUT2D eigenvalue weighted by molar-refractivity contribution is 0.0688. The molecule has 3 nitrogen and oxygen atoms in total. The molecule has 0 fully saturated rings. The summed E-state index contributed by atoms with van der Waals surface area (Å²) in [6, 6.07) is 5.89. The van der Waals surface area contributed by atoms with Crippen LogP contribution in [0.2, 0.25) is 0 Å². The second-order valence-corrected chi connectivity index (χ2v) is 4.62. The number of carboxylic acid groups (broad SMARTS) is 1. The van der Waals surface area contributed by atoms with Crippen molar-refractivity contribution in [2.45, 2.75) is 6.92 Å². The predicted molar refractivity (Wildman–Crippen MR) is 65.1 cm³/mol. The van der Waals surface area contributed by atoms with Crippen molar-refractivity contribution >= 4 is 21.9 Å². The molecule has 1 aromatic carbocycles. The van der Waals surface area contributed by atoms with E-state index in [1.54, 1.807) is 19.2 Å². The third-order valence-corrected chi connectivity index (χ3v) is 2.74. The van der Waals surface area contributed by atoms with Crippen molar-refractivity contribution in [2.75, 3.05) is 0 Å². The SMILES string of the molecule is Cc1cc(F)cc(-n2cc(Br)cc2C(=O)O)c1. The van der Waals surface area contributed by atoms with Gasteiger partial charge in [-0.25, -0.2) is 9.18 Å². The fourth-order valence-electron chi connectivity index (χ4n) is 1.66. The highest BCUT2D eigenvalue weighted by Gasteiger charge is 2.13. The Morgan fingerprint density at radius 1 is 1.35 bits per heavy atom. The summed E-state index contributed by atoms with van der Waals surface area (Å²) >= 11 is 3.21. The molecule has 1 N–H and O–H groups in total. The average Bonchev–Trinajstić information content (AvgIpc) is 2.59. The summed E-state index contributed by atoms with van der Waals surface area (Å²) < 4.78 is 15.3. The van der Waals surface area contributed by atoms with E-state index in [9.17, 15) is 9.18 Å². The van der Waals surface area contributed by atoms with Gasteiger partial charge >= 0.3 is 5.97 Å². The Morgan fingerprint density at radius 3 is 2.65 bits per heavy atom. The summed E-state index contributed by atoms with van der Waals surface area (Å²) in [5.41, 5.74) is 1.31. The van der Waals surface area contributed by atoms with Crippen LogP contribution in [0.3, 0.4) is 0 Å². The van der Waals surface area contributed by atoms with E-state index in [1.165, 1.54) is 22.8 Å². The van der Waals surface area contributed by atoms with Crippen LogP contribution in [0, 0.1) is 12.7 Å². The molecule has 1 heterocycles. The van der Waals surface area contributed by atoms with Gasteiger partial charge in [-0.15, -0.1) is 0 Å². The van der Waals surface area contributed by atoms with Gasteiger partial charge in [-0.05, 0) is 52.7 Å². The zero-order chi connectivity index (χ0) is 12.6. The highest BCUT2D eigenvalue weighted by Crippen LogP contribution is 2.21. The summed E-state index contributed by atoms with van der Waals surface area (Å²) in [7, 11) is 0. The standard InChI is InChI=1S/C12H9BrFNO2/c1-7-2-9(14)5-10(3-7)15-6-8(13)4-11(15)12(16)17/h2-6H,1H3,(H,16,17). The van der Waals surface area contributed by atoms with Gasteiger partial charge in [0.2, 0.25) is 0 Å². The van der Waals surface area contributed by atoms with E-state index in [0.29, 0.717) is 10.2 Å². The number of hydrogen-bond acceptors (Lipinski definition) is 1. The minimum Gasteiger partial charge on any atom is -0.477 e. The Labute approximate surface area is 106 Å². The van der Waals surface area contributed by atoms with Gasteiger partial charge < -0.3 is 9.67 Å². The number of halogens is 2. The van der Waals surface area contributed by atoms with E-state index >= 15 is 0 Å². The molecule has 0 aliphatic heterocycles. The lowest BCUT2D eigenvalue weighted by atomic mass is 10.2. The first-order valence-corrected chi connectivity index (χ1v) is 5.65. The zero-order valence-corrected chi connectivity index (χ0v) is 10.5. The number of benzene rings is 1. The lowest BCUT2D eigenvalue weighted by Gasteiger charge is -2.07. The van der Waals surface area contributed by atoms with E-state index < -0.39 is 5.97 Å². The van der Waals surface area contributed by atoms with E-state index in [1.807, 2.05) is 0 Å². The lowest BCUT2D eigenvalue weighted by Crippen LogP contribution is -2.06. The van der Waals surface area contributed by atoms with Crippen LogP contribution in [0.1, 0.15) is 16.1 Å². The number of carboxylic acids is 1. The van der Waals surface area contributed by atoms with Gasteiger partial charge in [0.1, 0.15) is 11.5 Å². The molecular formula is C12H9BrFNO2. The van der Waals surface area contributed by atoms with Crippen molar-refractivity contribution in [3.8, 4) is 5.69 Å². The second kappa shape index (κ2) is 4.33. The van der Waals surface area contributed by atoms with Crippen molar-refractivity contribution in [2.24, 2.45) is 0 Å². The van der Waals surface area contributed by atoms with Gasteiger partial charge in [0.15, 0.2) is 0 Å². The summed E-state index contributed by atoms with van der Waals surface area (Å²) in [6.07, 6.45) is 1.59. The molecule has 5 heteroatoms. The van der Waals surface area contributed by atoms with Gasteiger partial charge in [0.25, 0.3) is 0 Å². The molecule has 88 valence electrons. The molecule has 0 spiro atoms. The molecule has 0 unspecified atom stereocenters. The molecule has 0 saturated heterocycles. The van der Waals surface area contributed by atoms with E-state index in [2.05, 4.69) is 15.9 Å². The average molecular weight is 298 g/mol. The van der Waals surface area contributed by atoms with Gasteiger partial charge in [0, 0.05) is 16.4 Å². The Bertz CT molecular complexity index is 572. The second-order valence-electron chi connectivity index (χ2n) is 3.71. The number of rotatable bonds is 2. The molecule has 0 bridgehead atoms. The van der Waals surface area contributed by atoms with Crippen LogP contribution in [0.15, 0.2) is 34.9 Å². The van der Waals surface area contributed by atoms with Gasteiger partial charge in [-0.2, -0.15) is 0 Å². The monoisotopic (exact) mass is 297 g/mol. The van der Waals surface area contributed by atoms with Gasteiger partial charge in [0.05, 0.1) is 0 Å². The van der Waals surface area contributed by atoms with Crippen molar-refractivity contribution < 1.29 is 14.3 Å². The minimum atomic E-state index is -1.06. The highest BCUT2D eigenvalue weighted by atomic mass is 79.9. The quantitative estimate of drug-likeness (QED) is 0.923. The smallest absolute Gasteiger partial charge is 0.352 e. The van der Waals surface area contributed by atoms with Crippen LogP contribution in [0.4, 0.5) is 4.39 Å². The normalized spacial score (nSPS) is 10.5. The molecule has 0 radical (unpaired) electrons. The first kappa shape index (κ1) is 11.9. The van der Waals surface area contributed by atoms with Crippen LogP contribution in [-0.4, -0.2) is 15.6 Å². The largest absolute Gasteiger partial charge is 0.477 e. The van der Waals surface area contributed by atoms with Gasteiger partial charge in [-0.1, -0.05) is 0 Å². The van der Waals surface area contributed by atoms with Crippen molar-refractivity contribution in [3.05, 3.63) is 52.0 Å². The molecule has 1 aromatic heterocycles. The molecular weight excluding hydrogens is 289 g/mol. The number of hydrogen-bond donors (Lipinski definition) is 1. The summed E-state index contributed by atoms with van der Waals surface area (Å²) in [4.78, 5) is 11.0. The number of nitrogens with zero attached hydrogens (tertiary/aromatic N) is 1.